The Morgan fingerprint density at radius 3 is 2.41 bits per heavy atom. The minimum atomic E-state index is 0.245. The molecule has 0 radical (unpaired) electrons. The van der Waals surface area contributed by atoms with Crippen LogP contribution in [-0.2, 0) is 4.79 Å². The number of guanidine groups is 1. The molecule has 1 aromatic rings. The molecule has 4 rings (SSSR count). The maximum Gasteiger partial charge on any atom is 0.224 e. The Morgan fingerprint density at radius 1 is 1.00 bits per heavy atom. The first-order valence-electron chi connectivity index (χ1n) is 11.2. The van der Waals surface area contributed by atoms with Crippen LogP contribution in [0.4, 0.5) is 5.69 Å². The average Bonchev–Trinajstić information content (AvgIpc) is 3.41. The molecule has 3 aliphatic rings. The molecule has 158 valence electrons. The van der Waals surface area contributed by atoms with Gasteiger partial charge < -0.3 is 20.0 Å². The van der Waals surface area contributed by atoms with E-state index in [4.69, 9.17) is 0 Å². The summed E-state index contributed by atoms with van der Waals surface area (Å²) in [6.45, 7) is 6.29. The molecule has 1 spiro atoms. The second kappa shape index (κ2) is 9.06. The molecule has 3 fully saturated rings. The molecule has 1 amide bonds. The van der Waals surface area contributed by atoms with Gasteiger partial charge in [-0.05, 0) is 36.8 Å². The third kappa shape index (κ3) is 4.68. The Bertz CT molecular complexity index is 705. The first kappa shape index (κ1) is 20.0. The molecule has 2 heterocycles. The van der Waals surface area contributed by atoms with Gasteiger partial charge in [0, 0.05) is 65.0 Å². The topological polar surface area (TPSA) is 51.2 Å². The molecular weight excluding hydrogens is 362 g/mol. The summed E-state index contributed by atoms with van der Waals surface area (Å²) in [5.74, 6) is 1.21. The van der Waals surface area contributed by atoms with Gasteiger partial charge in [-0.15, -0.1) is 0 Å². The lowest BCUT2D eigenvalue weighted by Gasteiger charge is -2.36. The fourth-order valence-corrected chi connectivity index (χ4v) is 5.27. The molecule has 29 heavy (non-hydrogen) atoms. The van der Waals surface area contributed by atoms with E-state index in [1.165, 1.54) is 37.8 Å². The van der Waals surface area contributed by atoms with Crippen molar-refractivity contribution in [3.05, 3.63) is 30.3 Å². The monoisotopic (exact) mass is 397 g/mol. The summed E-state index contributed by atoms with van der Waals surface area (Å²) >= 11 is 0. The first-order chi connectivity index (χ1) is 14.2. The Labute approximate surface area is 175 Å². The summed E-state index contributed by atoms with van der Waals surface area (Å²) in [5, 5.41) is 3.44. The Hall–Kier alpha value is -2.24. The summed E-state index contributed by atoms with van der Waals surface area (Å²) in [6, 6.07) is 10.5. The van der Waals surface area contributed by atoms with Gasteiger partial charge >= 0.3 is 0 Å². The van der Waals surface area contributed by atoms with Gasteiger partial charge in [-0.1, -0.05) is 31.0 Å². The Kier molecular flexibility index (Phi) is 6.26. The minimum Gasteiger partial charge on any atom is -0.368 e. The van der Waals surface area contributed by atoms with Gasteiger partial charge in [-0.2, -0.15) is 0 Å². The third-order valence-electron chi connectivity index (χ3n) is 6.99. The Balaban J connectivity index is 1.19. The van der Waals surface area contributed by atoms with Gasteiger partial charge in [0.25, 0.3) is 0 Å². The van der Waals surface area contributed by atoms with Crippen molar-refractivity contribution in [2.24, 2.45) is 10.4 Å². The smallest absolute Gasteiger partial charge is 0.224 e. The van der Waals surface area contributed by atoms with Crippen molar-refractivity contribution in [3.8, 4) is 0 Å². The molecule has 1 aliphatic carbocycles. The van der Waals surface area contributed by atoms with Crippen LogP contribution in [0.25, 0.3) is 0 Å². The van der Waals surface area contributed by atoms with Crippen LogP contribution in [0, 0.1) is 5.41 Å². The number of amides is 1. The molecule has 0 bridgehead atoms. The van der Waals surface area contributed by atoms with E-state index < -0.39 is 0 Å². The quantitative estimate of drug-likeness (QED) is 0.627. The van der Waals surface area contributed by atoms with Crippen LogP contribution in [-0.4, -0.2) is 74.5 Å². The zero-order chi connectivity index (χ0) is 20.1. The number of rotatable bonds is 4. The lowest BCUT2D eigenvalue weighted by molar-refractivity contribution is -0.131. The normalized spacial score (nSPS) is 21.8. The number of aliphatic imine (C=N–C) groups is 1. The number of carbonyl (C=O) groups is 1. The summed E-state index contributed by atoms with van der Waals surface area (Å²) < 4.78 is 0. The average molecular weight is 398 g/mol. The van der Waals surface area contributed by atoms with Crippen LogP contribution in [0.3, 0.4) is 0 Å². The second-order valence-electron chi connectivity index (χ2n) is 8.81. The molecule has 6 nitrogen and oxygen atoms in total. The molecular formula is C23H35N5O. The van der Waals surface area contributed by atoms with E-state index in [0.29, 0.717) is 18.4 Å². The summed E-state index contributed by atoms with van der Waals surface area (Å²) in [5.41, 5.74) is 1.78. The minimum absolute atomic E-state index is 0.245. The standard InChI is InChI=1S/C23H35N5O/c1-24-22(28-14-12-23(19-28)10-5-6-11-23)25-13-9-21(29)27-17-15-26(16-18-27)20-7-3-2-4-8-20/h2-4,7-8H,5-6,9-19H2,1H3,(H,24,25). The number of nitrogens with one attached hydrogen (secondary N) is 1. The highest BCUT2D eigenvalue weighted by molar-refractivity contribution is 5.81. The predicted octanol–water partition coefficient (Wildman–Crippen LogP) is 2.57. The molecule has 2 aliphatic heterocycles. The van der Waals surface area contributed by atoms with E-state index in [1.807, 2.05) is 18.0 Å². The Morgan fingerprint density at radius 2 is 1.72 bits per heavy atom. The van der Waals surface area contributed by atoms with Gasteiger partial charge in [0.15, 0.2) is 5.96 Å². The van der Waals surface area contributed by atoms with Crippen molar-refractivity contribution in [1.82, 2.24) is 15.1 Å². The number of hydrogen-bond acceptors (Lipinski definition) is 3. The number of carbonyl (C=O) groups excluding carboxylic acids is 1. The van der Waals surface area contributed by atoms with Crippen molar-refractivity contribution in [3.63, 3.8) is 0 Å². The van der Waals surface area contributed by atoms with Gasteiger partial charge in [0.1, 0.15) is 0 Å². The number of nitrogens with zero attached hydrogens (tertiary/aromatic N) is 4. The van der Waals surface area contributed by atoms with Crippen molar-refractivity contribution in [2.75, 3.05) is 57.8 Å². The summed E-state index contributed by atoms with van der Waals surface area (Å²) in [6.07, 6.45) is 7.32. The van der Waals surface area contributed by atoms with Gasteiger partial charge in [-0.3, -0.25) is 9.79 Å². The molecule has 6 heteroatoms. The first-order valence-corrected chi connectivity index (χ1v) is 11.2. The van der Waals surface area contributed by atoms with E-state index in [9.17, 15) is 4.79 Å². The molecule has 0 atom stereocenters. The SMILES string of the molecule is CN=C(NCCC(=O)N1CCN(c2ccccc2)CC1)N1CCC2(CCCC2)C1. The highest BCUT2D eigenvalue weighted by atomic mass is 16.2. The predicted molar refractivity (Wildman–Crippen MR) is 118 cm³/mol. The van der Waals surface area contributed by atoms with E-state index in [1.54, 1.807) is 0 Å². The molecule has 1 aromatic carbocycles. The van der Waals surface area contributed by atoms with Crippen LogP contribution < -0.4 is 10.2 Å². The number of piperazine rings is 1. The van der Waals surface area contributed by atoms with Crippen molar-refractivity contribution in [1.29, 1.82) is 0 Å². The molecule has 1 N–H and O–H groups in total. The van der Waals surface area contributed by atoms with Crippen molar-refractivity contribution in [2.45, 2.75) is 38.5 Å². The number of likely N-dealkylation sites (tertiary alicyclic amines) is 1. The third-order valence-corrected chi connectivity index (χ3v) is 6.99. The van der Waals surface area contributed by atoms with Crippen LogP contribution in [0.2, 0.25) is 0 Å². The fourth-order valence-electron chi connectivity index (χ4n) is 5.27. The van der Waals surface area contributed by atoms with E-state index in [0.717, 1.165) is 45.2 Å². The largest absolute Gasteiger partial charge is 0.368 e. The highest BCUT2D eigenvalue weighted by Crippen LogP contribution is 2.45. The maximum absolute atomic E-state index is 12.7. The number of para-hydroxylation sites is 1. The number of hydrogen-bond donors (Lipinski definition) is 1. The van der Waals surface area contributed by atoms with Gasteiger partial charge in [0.2, 0.25) is 5.91 Å². The molecule has 2 saturated heterocycles. The van der Waals surface area contributed by atoms with Crippen LogP contribution in [0.15, 0.2) is 35.3 Å². The number of benzene rings is 1. The van der Waals surface area contributed by atoms with Crippen molar-refractivity contribution < 1.29 is 4.79 Å². The zero-order valence-corrected chi connectivity index (χ0v) is 17.8. The summed E-state index contributed by atoms with van der Waals surface area (Å²) in [4.78, 5) is 23.9. The fraction of sp³-hybridized carbons (Fsp3) is 0.652. The molecule has 1 saturated carbocycles. The lowest BCUT2D eigenvalue weighted by Crippen LogP contribution is -2.49. The maximum atomic E-state index is 12.7. The number of anilines is 1. The van der Waals surface area contributed by atoms with Crippen LogP contribution >= 0.6 is 0 Å². The van der Waals surface area contributed by atoms with Gasteiger partial charge in [0.05, 0.1) is 0 Å². The zero-order valence-electron chi connectivity index (χ0n) is 17.8. The van der Waals surface area contributed by atoms with Gasteiger partial charge in [-0.25, -0.2) is 0 Å². The molecule has 0 aromatic heterocycles. The highest BCUT2D eigenvalue weighted by Gasteiger charge is 2.41. The van der Waals surface area contributed by atoms with E-state index >= 15 is 0 Å². The van der Waals surface area contributed by atoms with Crippen LogP contribution in [0.1, 0.15) is 38.5 Å². The lowest BCUT2D eigenvalue weighted by atomic mass is 9.86. The summed E-state index contributed by atoms with van der Waals surface area (Å²) in [7, 11) is 1.85. The van der Waals surface area contributed by atoms with Crippen LogP contribution in [0.5, 0.6) is 0 Å². The van der Waals surface area contributed by atoms with E-state index in [-0.39, 0.29) is 5.91 Å². The molecule has 0 unspecified atom stereocenters. The second-order valence-corrected chi connectivity index (χ2v) is 8.81. The van der Waals surface area contributed by atoms with E-state index in [2.05, 4.69) is 44.4 Å². The van der Waals surface area contributed by atoms with Crippen molar-refractivity contribution >= 4 is 17.6 Å².